The van der Waals surface area contributed by atoms with E-state index in [-0.39, 0.29) is 5.91 Å². The molecule has 0 aliphatic rings. The number of rotatable bonds is 7. The first-order valence-electron chi connectivity index (χ1n) is 9.19. The lowest BCUT2D eigenvalue weighted by Gasteiger charge is -2.12. The first kappa shape index (κ1) is 19.4. The van der Waals surface area contributed by atoms with Crippen LogP contribution in [0.25, 0.3) is 11.4 Å². The SMILES string of the molecule is COc1cccc(NC(=O)c2cc(NCC(C)C)nc(-c3ccccc3)n2)c1. The van der Waals surface area contributed by atoms with Gasteiger partial charge in [-0.3, -0.25) is 4.79 Å². The third kappa shape index (κ3) is 5.07. The first-order valence-corrected chi connectivity index (χ1v) is 9.19. The number of nitrogens with zero attached hydrogens (tertiary/aromatic N) is 2. The van der Waals surface area contributed by atoms with Crippen molar-refractivity contribution < 1.29 is 9.53 Å². The molecule has 0 radical (unpaired) electrons. The molecule has 1 amide bonds. The molecule has 2 aromatic carbocycles. The van der Waals surface area contributed by atoms with Gasteiger partial charge in [0.15, 0.2) is 5.82 Å². The molecule has 2 N–H and O–H groups in total. The summed E-state index contributed by atoms with van der Waals surface area (Å²) in [5.41, 5.74) is 1.79. The van der Waals surface area contributed by atoms with Gasteiger partial charge in [0.1, 0.15) is 17.3 Å². The molecule has 0 saturated carbocycles. The molecule has 0 bridgehead atoms. The number of hydrogen-bond donors (Lipinski definition) is 2. The molecule has 1 heterocycles. The van der Waals surface area contributed by atoms with Crippen molar-refractivity contribution >= 4 is 17.4 Å². The number of anilines is 2. The Kier molecular flexibility index (Phi) is 6.22. The molecular formula is C22H24N4O2. The zero-order valence-corrected chi connectivity index (χ0v) is 16.3. The summed E-state index contributed by atoms with van der Waals surface area (Å²) in [6.07, 6.45) is 0. The van der Waals surface area contributed by atoms with E-state index in [9.17, 15) is 4.79 Å². The third-order valence-corrected chi connectivity index (χ3v) is 4.01. The average Bonchev–Trinajstić information content (AvgIpc) is 2.72. The van der Waals surface area contributed by atoms with Gasteiger partial charge in [-0.05, 0) is 18.1 Å². The molecule has 0 fully saturated rings. The van der Waals surface area contributed by atoms with Crippen LogP contribution in [-0.4, -0.2) is 29.5 Å². The van der Waals surface area contributed by atoms with Crippen molar-refractivity contribution in [3.05, 3.63) is 66.4 Å². The molecule has 144 valence electrons. The quantitative estimate of drug-likeness (QED) is 0.636. The maximum Gasteiger partial charge on any atom is 0.274 e. The lowest BCUT2D eigenvalue weighted by Crippen LogP contribution is -2.16. The zero-order valence-electron chi connectivity index (χ0n) is 16.3. The van der Waals surface area contributed by atoms with E-state index in [1.165, 1.54) is 0 Å². The van der Waals surface area contributed by atoms with Gasteiger partial charge in [0, 0.05) is 29.9 Å². The maximum absolute atomic E-state index is 12.8. The van der Waals surface area contributed by atoms with Crippen molar-refractivity contribution in [3.8, 4) is 17.1 Å². The molecule has 3 aromatic rings. The van der Waals surface area contributed by atoms with Gasteiger partial charge < -0.3 is 15.4 Å². The Labute approximate surface area is 165 Å². The summed E-state index contributed by atoms with van der Waals surface area (Å²) in [6, 6.07) is 18.5. The predicted octanol–water partition coefficient (Wildman–Crippen LogP) is 4.47. The summed E-state index contributed by atoms with van der Waals surface area (Å²) in [5.74, 6) is 1.94. The van der Waals surface area contributed by atoms with Crippen LogP contribution in [-0.2, 0) is 0 Å². The summed E-state index contributed by atoms with van der Waals surface area (Å²) in [5, 5.41) is 6.15. The van der Waals surface area contributed by atoms with Crippen LogP contribution in [0.3, 0.4) is 0 Å². The van der Waals surface area contributed by atoms with Gasteiger partial charge in [0.05, 0.1) is 7.11 Å². The molecule has 0 spiro atoms. The largest absolute Gasteiger partial charge is 0.497 e. The second kappa shape index (κ2) is 8.99. The van der Waals surface area contributed by atoms with Gasteiger partial charge in [-0.1, -0.05) is 50.2 Å². The summed E-state index contributed by atoms with van der Waals surface area (Å²) in [7, 11) is 1.59. The van der Waals surface area contributed by atoms with E-state index >= 15 is 0 Å². The number of ether oxygens (including phenoxy) is 1. The molecule has 0 aliphatic carbocycles. The van der Waals surface area contributed by atoms with Crippen molar-refractivity contribution in [2.24, 2.45) is 5.92 Å². The van der Waals surface area contributed by atoms with E-state index in [2.05, 4.69) is 34.4 Å². The smallest absolute Gasteiger partial charge is 0.274 e. The number of amides is 1. The standard InChI is InChI=1S/C22H24N4O2/c1-15(2)14-23-20-13-19(25-21(26-20)16-8-5-4-6-9-16)22(27)24-17-10-7-11-18(12-17)28-3/h4-13,15H,14H2,1-3H3,(H,24,27)(H,23,25,26). The summed E-state index contributed by atoms with van der Waals surface area (Å²) < 4.78 is 5.21. The highest BCUT2D eigenvalue weighted by Gasteiger charge is 2.14. The van der Waals surface area contributed by atoms with Crippen LogP contribution < -0.4 is 15.4 Å². The number of aromatic nitrogens is 2. The van der Waals surface area contributed by atoms with E-state index in [4.69, 9.17) is 4.74 Å². The molecule has 28 heavy (non-hydrogen) atoms. The van der Waals surface area contributed by atoms with Gasteiger partial charge in [0.25, 0.3) is 5.91 Å². The number of benzene rings is 2. The fourth-order valence-electron chi connectivity index (χ4n) is 2.58. The van der Waals surface area contributed by atoms with E-state index in [0.29, 0.717) is 34.7 Å². The number of methoxy groups -OCH3 is 1. The molecule has 6 heteroatoms. The topological polar surface area (TPSA) is 76.1 Å². The molecule has 0 unspecified atom stereocenters. The predicted molar refractivity (Wildman–Crippen MR) is 112 cm³/mol. The van der Waals surface area contributed by atoms with E-state index in [1.807, 2.05) is 42.5 Å². The van der Waals surface area contributed by atoms with Crippen molar-refractivity contribution in [2.45, 2.75) is 13.8 Å². The lowest BCUT2D eigenvalue weighted by molar-refractivity contribution is 0.102. The Morgan fingerprint density at radius 1 is 1.04 bits per heavy atom. The Hall–Kier alpha value is -3.41. The highest BCUT2D eigenvalue weighted by atomic mass is 16.5. The highest BCUT2D eigenvalue weighted by Crippen LogP contribution is 2.20. The Morgan fingerprint density at radius 2 is 1.82 bits per heavy atom. The van der Waals surface area contributed by atoms with Gasteiger partial charge in [0.2, 0.25) is 0 Å². The van der Waals surface area contributed by atoms with Crippen LogP contribution >= 0.6 is 0 Å². The number of hydrogen-bond acceptors (Lipinski definition) is 5. The minimum absolute atomic E-state index is 0.294. The molecule has 3 rings (SSSR count). The molecule has 0 aliphatic heterocycles. The third-order valence-electron chi connectivity index (χ3n) is 4.01. The fraction of sp³-hybridized carbons (Fsp3) is 0.227. The van der Waals surface area contributed by atoms with E-state index < -0.39 is 0 Å². The summed E-state index contributed by atoms with van der Waals surface area (Å²) in [6.45, 7) is 4.98. The van der Waals surface area contributed by atoms with Crippen LogP contribution in [0.15, 0.2) is 60.7 Å². The van der Waals surface area contributed by atoms with Crippen molar-refractivity contribution in [1.29, 1.82) is 0 Å². The minimum Gasteiger partial charge on any atom is -0.497 e. The molecule has 0 atom stereocenters. The molecule has 0 saturated heterocycles. The Bertz CT molecular complexity index is 942. The monoisotopic (exact) mass is 376 g/mol. The molecule has 6 nitrogen and oxygen atoms in total. The number of carbonyl (C=O) groups is 1. The van der Waals surface area contributed by atoms with Gasteiger partial charge in [-0.25, -0.2) is 9.97 Å². The molecule has 1 aromatic heterocycles. The second-order valence-electron chi connectivity index (χ2n) is 6.79. The maximum atomic E-state index is 12.8. The van der Waals surface area contributed by atoms with Crippen LogP contribution in [0.4, 0.5) is 11.5 Å². The summed E-state index contributed by atoms with van der Waals surface area (Å²) in [4.78, 5) is 21.9. The Balaban J connectivity index is 1.91. The second-order valence-corrected chi connectivity index (χ2v) is 6.79. The Morgan fingerprint density at radius 3 is 2.54 bits per heavy atom. The lowest BCUT2D eigenvalue weighted by atomic mass is 10.2. The normalized spacial score (nSPS) is 10.6. The van der Waals surface area contributed by atoms with Crippen molar-refractivity contribution in [2.75, 3.05) is 24.3 Å². The van der Waals surface area contributed by atoms with E-state index in [0.717, 1.165) is 12.1 Å². The molecular weight excluding hydrogens is 352 g/mol. The van der Waals surface area contributed by atoms with Crippen LogP contribution in [0.2, 0.25) is 0 Å². The van der Waals surface area contributed by atoms with Crippen molar-refractivity contribution in [1.82, 2.24) is 9.97 Å². The average molecular weight is 376 g/mol. The number of nitrogens with one attached hydrogen (secondary N) is 2. The zero-order chi connectivity index (χ0) is 19.9. The van der Waals surface area contributed by atoms with Crippen LogP contribution in [0, 0.1) is 5.92 Å². The van der Waals surface area contributed by atoms with Gasteiger partial charge >= 0.3 is 0 Å². The van der Waals surface area contributed by atoms with Gasteiger partial charge in [-0.15, -0.1) is 0 Å². The minimum atomic E-state index is -0.305. The van der Waals surface area contributed by atoms with Crippen LogP contribution in [0.5, 0.6) is 5.75 Å². The fourth-order valence-corrected chi connectivity index (χ4v) is 2.58. The van der Waals surface area contributed by atoms with E-state index in [1.54, 1.807) is 25.3 Å². The van der Waals surface area contributed by atoms with Crippen molar-refractivity contribution in [3.63, 3.8) is 0 Å². The van der Waals surface area contributed by atoms with Gasteiger partial charge in [-0.2, -0.15) is 0 Å². The summed E-state index contributed by atoms with van der Waals surface area (Å²) >= 11 is 0. The van der Waals surface area contributed by atoms with Crippen LogP contribution in [0.1, 0.15) is 24.3 Å². The number of carbonyl (C=O) groups excluding carboxylic acids is 1. The first-order chi connectivity index (χ1) is 13.5. The highest BCUT2D eigenvalue weighted by molar-refractivity contribution is 6.03.